The van der Waals surface area contributed by atoms with Crippen molar-refractivity contribution in [2.75, 3.05) is 5.73 Å². The van der Waals surface area contributed by atoms with Gasteiger partial charge in [0.05, 0.1) is 10.5 Å². The minimum Gasteiger partial charge on any atom is -0.505 e. The first-order chi connectivity index (χ1) is 15.9. The lowest BCUT2D eigenvalue weighted by Crippen LogP contribution is -2.06. The van der Waals surface area contributed by atoms with Crippen molar-refractivity contribution >= 4 is 64.2 Å². The molecule has 0 aliphatic heterocycles. The van der Waals surface area contributed by atoms with Crippen LogP contribution in [-0.4, -0.2) is 55.1 Å². The molecule has 3 aromatic rings. The van der Waals surface area contributed by atoms with Gasteiger partial charge in [-0.2, -0.15) is 25.3 Å². The third-order valence-electron chi connectivity index (χ3n) is 4.45. The van der Waals surface area contributed by atoms with Gasteiger partial charge in [0, 0.05) is 11.1 Å². The molecule has 0 heterocycles. The highest BCUT2D eigenvalue weighted by Crippen LogP contribution is 2.44. The molecule has 0 saturated heterocycles. The Kier molecular flexibility index (Phi) is 6.31. The highest BCUT2D eigenvalue weighted by Gasteiger charge is 2.28. The van der Waals surface area contributed by atoms with Crippen molar-refractivity contribution in [3.05, 3.63) is 42.0 Å². The largest absolute Gasteiger partial charge is 0.505 e. The average molecular weight is 548 g/mol. The van der Waals surface area contributed by atoms with Crippen LogP contribution in [0.25, 0.3) is 10.8 Å². The van der Waals surface area contributed by atoms with Crippen molar-refractivity contribution in [2.24, 2.45) is 10.2 Å². The Morgan fingerprint density at radius 2 is 1.40 bits per heavy atom. The fraction of sp³-hybridized carbons (Fsp3) is 0. The molecule has 0 bridgehead atoms. The zero-order valence-electron chi connectivity index (χ0n) is 16.8. The highest BCUT2D eigenvalue weighted by atomic mass is 32.2. The number of fused-ring (bicyclic) bond motifs is 1. The SMILES string of the molecule is Nc1ccc(N=Nc2c(S(=O)(=O)O)cc3cc(S(=O)(=O)O)cc(S(=O)(=O)O)c3c2O)c(C(=O)O)c1. The van der Waals surface area contributed by atoms with E-state index < -0.39 is 78.8 Å². The van der Waals surface area contributed by atoms with Crippen molar-refractivity contribution in [1.29, 1.82) is 0 Å². The van der Waals surface area contributed by atoms with E-state index in [9.17, 15) is 53.9 Å². The molecule has 0 amide bonds. The number of hydrogen-bond acceptors (Lipinski definition) is 11. The number of phenols is 1. The number of benzene rings is 3. The maximum Gasteiger partial charge on any atom is 0.338 e. The van der Waals surface area contributed by atoms with Crippen LogP contribution >= 0.6 is 0 Å². The molecule has 0 aliphatic rings. The Labute approximate surface area is 196 Å². The van der Waals surface area contributed by atoms with Crippen LogP contribution in [0.1, 0.15) is 10.4 Å². The van der Waals surface area contributed by atoms with Gasteiger partial charge >= 0.3 is 5.97 Å². The fourth-order valence-electron chi connectivity index (χ4n) is 2.98. The summed E-state index contributed by atoms with van der Waals surface area (Å²) in [6, 6.07) is 4.62. The summed E-state index contributed by atoms with van der Waals surface area (Å²) in [6.07, 6.45) is 0. The molecule has 186 valence electrons. The Morgan fingerprint density at radius 1 is 0.800 bits per heavy atom. The number of azo groups is 1. The molecule has 15 nitrogen and oxygen atoms in total. The van der Waals surface area contributed by atoms with Gasteiger partial charge in [-0.3, -0.25) is 13.7 Å². The van der Waals surface area contributed by atoms with Crippen LogP contribution in [-0.2, 0) is 30.4 Å². The van der Waals surface area contributed by atoms with Gasteiger partial charge in [0.2, 0.25) is 0 Å². The maximum atomic E-state index is 11.9. The minimum atomic E-state index is -5.30. The van der Waals surface area contributed by atoms with E-state index in [1.165, 1.54) is 6.07 Å². The number of anilines is 1. The number of aromatic carboxylic acids is 1. The summed E-state index contributed by atoms with van der Waals surface area (Å²) in [7, 11) is -15.6. The standard InChI is InChI=1S/C17H13N3O12S3/c18-8-1-2-11(10(5-8)17(22)23)19-20-15-13(35(30,31)32)4-7-3-9(33(24,25)26)6-12(34(27,28)29)14(7)16(15)21/h1-6,21H,18H2,(H,22,23)(H,24,25,26)(H,27,28,29)(H,30,31,32). The fourth-order valence-corrected chi connectivity index (χ4v) is 5.01. The molecular formula is C17H13N3O12S3. The van der Waals surface area contributed by atoms with E-state index in [0.29, 0.717) is 12.1 Å². The van der Waals surface area contributed by atoms with Crippen LogP contribution in [0.3, 0.4) is 0 Å². The van der Waals surface area contributed by atoms with E-state index in [0.717, 1.165) is 12.1 Å². The van der Waals surface area contributed by atoms with Crippen molar-refractivity contribution in [1.82, 2.24) is 0 Å². The second kappa shape index (κ2) is 8.52. The van der Waals surface area contributed by atoms with Gasteiger partial charge in [0.1, 0.15) is 21.2 Å². The van der Waals surface area contributed by atoms with Crippen LogP contribution in [0.4, 0.5) is 17.1 Å². The monoisotopic (exact) mass is 547 g/mol. The molecular weight excluding hydrogens is 534 g/mol. The summed E-state index contributed by atoms with van der Waals surface area (Å²) in [5.41, 5.74) is 3.58. The molecule has 0 saturated carbocycles. The third-order valence-corrected chi connectivity index (χ3v) is 7.03. The quantitative estimate of drug-likeness (QED) is 0.146. The first-order valence-electron chi connectivity index (χ1n) is 8.72. The number of carbonyl (C=O) groups is 1. The van der Waals surface area contributed by atoms with Crippen molar-refractivity contribution in [3.8, 4) is 5.75 Å². The Morgan fingerprint density at radius 3 is 1.91 bits per heavy atom. The summed E-state index contributed by atoms with van der Waals surface area (Å²) in [5, 5.41) is 25.4. The predicted octanol–water partition coefficient (Wildman–Crippen LogP) is 1.98. The molecule has 0 aromatic heterocycles. The van der Waals surface area contributed by atoms with E-state index in [2.05, 4.69) is 10.2 Å². The topological polar surface area (TPSA) is 271 Å². The summed E-state index contributed by atoms with van der Waals surface area (Å²) in [6.45, 7) is 0. The lowest BCUT2D eigenvalue weighted by atomic mass is 10.1. The number of hydrogen-bond donors (Lipinski definition) is 6. The highest BCUT2D eigenvalue weighted by molar-refractivity contribution is 7.87. The number of nitrogens with two attached hydrogens (primary N) is 1. The van der Waals surface area contributed by atoms with E-state index in [1.807, 2.05) is 0 Å². The number of phenolic OH excluding ortho intramolecular Hbond substituents is 1. The normalized spacial score (nSPS) is 12.9. The van der Waals surface area contributed by atoms with Gasteiger partial charge in [0.25, 0.3) is 30.4 Å². The molecule has 35 heavy (non-hydrogen) atoms. The smallest absolute Gasteiger partial charge is 0.338 e. The number of carboxylic acid groups (broad SMARTS) is 1. The summed E-state index contributed by atoms with van der Waals surface area (Å²) in [4.78, 5) is 7.85. The average Bonchev–Trinajstić information content (AvgIpc) is 2.70. The Hall–Kier alpha value is -3.68. The first kappa shape index (κ1) is 25.9. The molecule has 0 fully saturated rings. The molecule has 3 rings (SSSR count). The molecule has 7 N–H and O–H groups in total. The van der Waals surface area contributed by atoms with Crippen LogP contribution < -0.4 is 5.73 Å². The lowest BCUT2D eigenvalue weighted by molar-refractivity contribution is 0.0697. The molecule has 18 heteroatoms. The van der Waals surface area contributed by atoms with E-state index >= 15 is 0 Å². The number of nitrogen functional groups attached to an aromatic ring is 1. The van der Waals surface area contributed by atoms with Gasteiger partial charge in [-0.1, -0.05) is 0 Å². The van der Waals surface area contributed by atoms with Gasteiger partial charge < -0.3 is 15.9 Å². The van der Waals surface area contributed by atoms with E-state index in [-0.39, 0.29) is 17.4 Å². The number of nitrogens with zero attached hydrogens (tertiary/aromatic N) is 2. The number of carboxylic acids is 1. The Bertz CT molecular complexity index is 1760. The number of aromatic hydroxyl groups is 1. The summed E-state index contributed by atoms with van der Waals surface area (Å²) >= 11 is 0. The van der Waals surface area contributed by atoms with Crippen LogP contribution in [0.15, 0.2) is 61.3 Å². The number of rotatable bonds is 6. The van der Waals surface area contributed by atoms with Crippen molar-refractivity contribution < 1.29 is 53.9 Å². The molecule has 0 aliphatic carbocycles. The van der Waals surface area contributed by atoms with E-state index in [1.54, 1.807) is 0 Å². The van der Waals surface area contributed by atoms with Crippen molar-refractivity contribution in [3.63, 3.8) is 0 Å². The Balaban J connectivity index is 2.48. The van der Waals surface area contributed by atoms with E-state index in [4.69, 9.17) is 5.73 Å². The molecule has 0 radical (unpaired) electrons. The molecule has 0 unspecified atom stereocenters. The second-order valence-corrected chi connectivity index (χ2v) is 11.0. The maximum absolute atomic E-state index is 11.9. The first-order valence-corrected chi connectivity index (χ1v) is 13.0. The van der Waals surface area contributed by atoms with Gasteiger partial charge in [-0.05, 0) is 41.8 Å². The predicted molar refractivity (Wildman–Crippen MR) is 117 cm³/mol. The zero-order chi connectivity index (χ0) is 26.5. The van der Waals surface area contributed by atoms with Crippen LogP contribution in [0.5, 0.6) is 5.75 Å². The molecule has 0 atom stereocenters. The van der Waals surface area contributed by atoms with Crippen molar-refractivity contribution in [2.45, 2.75) is 14.7 Å². The van der Waals surface area contributed by atoms with Gasteiger partial charge in [-0.25, -0.2) is 4.79 Å². The zero-order valence-corrected chi connectivity index (χ0v) is 19.2. The molecule has 3 aromatic carbocycles. The summed E-state index contributed by atoms with van der Waals surface area (Å²) in [5.74, 6) is -2.81. The lowest BCUT2D eigenvalue weighted by Gasteiger charge is -2.12. The second-order valence-electron chi connectivity index (χ2n) is 6.80. The summed E-state index contributed by atoms with van der Waals surface area (Å²) < 4.78 is 99.1. The van der Waals surface area contributed by atoms with Crippen LogP contribution in [0.2, 0.25) is 0 Å². The van der Waals surface area contributed by atoms with Gasteiger partial charge in [-0.15, -0.1) is 10.2 Å². The third kappa shape index (κ3) is 5.21. The minimum absolute atomic E-state index is 0.0287. The van der Waals surface area contributed by atoms with Gasteiger partial charge in [0.15, 0.2) is 5.75 Å². The van der Waals surface area contributed by atoms with Crippen LogP contribution in [0, 0.1) is 0 Å². The molecule has 0 spiro atoms.